The molecular weight excluding hydrogens is 450 g/mol. The zero-order chi connectivity index (χ0) is 25.4. The van der Waals surface area contributed by atoms with Crippen molar-refractivity contribution in [1.82, 2.24) is 20.4 Å². The largest absolute Gasteiger partial charge is 0.490 e. The van der Waals surface area contributed by atoms with Gasteiger partial charge in [0.25, 0.3) is 5.91 Å². The lowest BCUT2D eigenvalue weighted by molar-refractivity contribution is -0.134. The van der Waals surface area contributed by atoms with Crippen molar-refractivity contribution < 1.29 is 23.9 Å². The standard InChI is InChI=1S/C25H39N5O5/c1-5-11-27-25(33)28-17-7-10-21-19(14-17)24(32)30(4)20-9-8-18(35-22(20)16-34-21)15-23(31)26-12-6-13-29(2)3/h7,10,14,18,20,22H,5-6,8-9,11-13,15-16H2,1-4H3,(H,26,31)(H2,27,28,33)/t18-,20+,22-/m0/s1. The number of ether oxygens (including phenoxy) is 2. The van der Waals surface area contributed by atoms with Gasteiger partial charge in [0.2, 0.25) is 5.91 Å². The number of fused-ring (bicyclic) bond motifs is 2. The first-order valence-corrected chi connectivity index (χ1v) is 12.4. The third-order valence-electron chi connectivity index (χ3n) is 6.32. The van der Waals surface area contributed by atoms with Crippen LogP contribution in [-0.2, 0) is 9.53 Å². The lowest BCUT2D eigenvalue weighted by Crippen LogP contribution is -2.54. The summed E-state index contributed by atoms with van der Waals surface area (Å²) in [6.07, 6.45) is 2.92. The molecule has 0 aromatic heterocycles. The molecule has 0 radical (unpaired) electrons. The summed E-state index contributed by atoms with van der Waals surface area (Å²) < 4.78 is 12.2. The average Bonchev–Trinajstić information content (AvgIpc) is 2.83. The molecule has 4 amide bonds. The second-order valence-electron chi connectivity index (χ2n) is 9.47. The SMILES string of the molecule is CCCNC(=O)Nc1ccc2c(c1)C(=O)N(C)[C@@H]1CC[C@@H](CC(=O)NCCCN(C)C)O[C@H]1CO2. The van der Waals surface area contributed by atoms with Crippen LogP contribution in [-0.4, -0.2) is 93.3 Å². The smallest absolute Gasteiger partial charge is 0.319 e. The van der Waals surface area contributed by atoms with E-state index < -0.39 is 0 Å². The molecule has 35 heavy (non-hydrogen) atoms. The molecule has 0 spiro atoms. The van der Waals surface area contributed by atoms with Crippen molar-refractivity contribution in [2.75, 3.05) is 52.7 Å². The van der Waals surface area contributed by atoms with Gasteiger partial charge in [-0.15, -0.1) is 0 Å². The summed E-state index contributed by atoms with van der Waals surface area (Å²) in [5.41, 5.74) is 0.926. The summed E-state index contributed by atoms with van der Waals surface area (Å²) in [6.45, 7) is 4.39. The minimum atomic E-state index is -0.324. The van der Waals surface area contributed by atoms with Gasteiger partial charge in [0.05, 0.1) is 24.1 Å². The highest BCUT2D eigenvalue weighted by molar-refractivity contribution is 5.99. The van der Waals surface area contributed by atoms with E-state index in [2.05, 4.69) is 20.9 Å². The lowest BCUT2D eigenvalue weighted by atomic mass is 9.94. The van der Waals surface area contributed by atoms with E-state index in [4.69, 9.17) is 9.47 Å². The zero-order valence-corrected chi connectivity index (χ0v) is 21.3. The number of hydrogen-bond donors (Lipinski definition) is 3. The number of hydrogen-bond acceptors (Lipinski definition) is 6. The van der Waals surface area contributed by atoms with Crippen molar-refractivity contribution in [3.05, 3.63) is 23.8 Å². The lowest BCUT2D eigenvalue weighted by Gasteiger charge is -2.42. The Labute approximate surface area is 207 Å². The minimum absolute atomic E-state index is 0.0169. The van der Waals surface area contributed by atoms with Gasteiger partial charge in [0, 0.05) is 25.8 Å². The van der Waals surface area contributed by atoms with Gasteiger partial charge in [-0.05, 0) is 64.5 Å². The van der Waals surface area contributed by atoms with Gasteiger partial charge in [-0.2, -0.15) is 0 Å². The minimum Gasteiger partial charge on any atom is -0.490 e. The van der Waals surface area contributed by atoms with Crippen LogP contribution in [0.25, 0.3) is 0 Å². The number of amides is 4. The highest BCUT2D eigenvalue weighted by Crippen LogP contribution is 2.32. The Morgan fingerprint density at radius 1 is 1.17 bits per heavy atom. The molecule has 2 aliphatic heterocycles. The summed E-state index contributed by atoms with van der Waals surface area (Å²) in [5, 5.41) is 8.48. The molecular formula is C25H39N5O5. The molecule has 0 saturated carbocycles. The second-order valence-corrected chi connectivity index (χ2v) is 9.47. The molecule has 2 aliphatic rings. The predicted octanol–water partition coefficient (Wildman–Crippen LogP) is 2.06. The van der Waals surface area contributed by atoms with E-state index in [0.29, 0.717) is 42.9 Å². The third kappa shape index (κ3) is 7.57. The molecule has 3 atom stereocenters. The van der Waals surface area contributed by atoms with Crippen LogP contribution in [0.5, 0.6) is 5.75 Å². The number of carbonyl (C=O) groups is 3. The molecule has 1 saturated heterocycles. The van der Waals surface area contributed by atoms with Gasteiger partial charge in [0.1, 0.15) is 18.5 Å². The Morgan fingerprint density at radius 3 is 2.71 bits per heavy atom. The fraction of sp³-hybridized carbons (Fsp3) is 0.640. The highest BCUT2D eigenvalue weighted by atomic mass is 16.5. The molecule has 194 valence electrons. The molecule has 0 aliphatic carbocycles. The maximum atomic E-state index is 13.3. The van der Waals surface area contributed by atoms with Crippen LogP contribution in [0.1, 0.15) is 49.4 Å². The highest BCUT2D eigenvalue weighted by Gasteiger charge is 2.39. The first-order chi connectivity index (χ1) is 16.8. The molecule has 3 rings (SSSR count). The van der Waals surface area contributed by atoms with Crippen molar-refractivity contribution in [1.29, 1.82) is 0 Å². The zero-order valence-electron chi connectivity index (χ0n) is 21.3. The number of nitrogens with one attached hydrogen (secondary N) is 3. The van der Waals surface area contributed by atoms with E-state index in [1.165, 1.54) is 0 Å². The number of urea groups is 1. The number of anilines is 1. The Kier molecular flexibility index (Phi) is 9.73. The summed E-state index contributed by atoms with van der Waals surface area (Å²) in [6, 6.07) is 4.58. The fourth-order valence-electron chi connectivity index (χ4n) is 4.42. The van der Waals surface area contributed by atoms with Crippen LogP contribution in [0.3, 0.4) is 0 Å². The number of carbonyl (C=O) groups excluding carboxylic acids is 3. The van der Waals surface area contributed by atoms with E-state index in [-0.39, 0.29) is 42.7 Å². The van der Waals surface area contributed by atoms with E-state index >= 15 is 0 Å². The van der Waals surface area contributed by atoms with E-state index in [0.717, 1.165) is 25.8 Å². The molecule has 1 aromatic carbocycles. The predicted molar refractivity (Wildman–Crippen MR) is 134 cm³/mol. The molecule has 2 heterocycles. The summed E-state index contributed by atoms with van der Waals surface area (Å²) >= 11 is 0. The Hall–Kier alpha value is -2.85. The molecule has 1 fully saturated rings. The van der Waals surface area contributed by atoms with Crippen LogP contribution < -0.4 is 20.7 Å². The fourth-order valence-corrected chi connectivity index (χ4v) is 4.42. The normalized spacial score (nSPS) is 21.8. The van der Waals surface area contributed by atoms with Crippen LogP contribution >= 0.6 is 0 Å². The van der Waals surface area contributed by atoms with Gasteiger partial charge in [-0.25, -0.2) is 4.79 Å². The van der Waals surface area contributed by atoms with E-state index in [9.17, 15) is 14.4 Å². The van der Waals surface area contributed by atoms with E-state index in [1.807, 2.05) is 21.0 Å². The molecule has 10 nitrogen and oxygen atoms in total. The van der Waals surface area contributed by atoms with Gasteiger partial charge < -0.3 is 35.2 Å². The molecule has 0 unspecified atom stereocenters. The number of likely N-dealkylation sites (N-methyl/N-ethyl adjacent to an activating group) is 1. The topological polar surface area (TPSA) is 112 Å². The number of rotatable bonds is 9. The maximum absolute atomic E-state index is 13.3. The van der Waals surface area contributed by atoms with Crippen molar-refractivity contribution >= 4 is 23.5 Å². The van der Waals surface area contributed by atoms with Crippen molar-refractivity contribution in [3.8, 4) is 5.75 Å². The van der Waals surface area contributed by atoms with Crippen molar-refractivity contribution in [2.45, 2.75) is 57.3 Å². The molecule has 1 aromatic rings. The molecule has 3 N–H and O–H groups in total. The van der Waals surface area contributed by atoms with Crippen LogP contribution in [0.2, 0.25) is 0 Å². The quantitative estimate of drug-likeness (QED) is 0.458. The van der Waals surface area contributed by atoms with Gasteiger partial charge in [-0.1, -0.05) is 6.92 Å². The monoisotopic (exact) mass is 489 g/mol. The summed E-state index contributed by atoms with van der Waals surface area (Å²) in [4.78, 5) is 41.4. The Morgan fingerprint density at radius 2 is 1.97 bits per heavy atom. The van der Waals surface area contributed by atoms with Gasteiger partial charge >= 0.3 is 6.03 Å². The molecule has 10 heteroatoms. The maximum Gasteiger partial charge on any atom is 0.319 e. The second kappa shape index (κ2) is 12.7. The Bertz CT molecular complexity index is 893. The number of nitrogens with zero attached hydrogens (tertiary/aromatic N) is 2. The first-order valence-electron chi connectivity index (χ1n) is 12.4. The van der Waals surface area contributed by atoms with Gasteiger partial charge in [0.15, 0.2) is 0 Å². The Balaban J connectivity index is 1.60. The summed E-state index contributed by atoms with van der Waals surface area (Å²) in [7, 11) is 5.78. The van der Waals surface area contributed by atoms with E-state index in [1.54, 1.807) is 30.1 Å². The van der Waals surface area contributed by atoms with Crippen LogP contribution in [0, 0.1) is 0 Å². The summed E-state index contributed by atoms with van der Waals surface area (Å²) in [5.74, 6) is 0.244. The van der Waals surface area contributed by atoms with Gasteiger partial charge in [-0.3, -0.25) is 9.59 Å². The first kappa shape index (κ1) is 26.7. The van der Waals surface area contributed by atoms with Crippen molar-refractivity contribution in [3.63, 3.8) is 0 Å². The van der Waals surface area contributed by atoms with Crippen LogP contribution in [0.15, 0.2) is 18.2 Å². The van der Waals surface area contributed by atoms with Crippen LogP contribution in [0.4, 0.5) is 10.5 Å². The van der Waals surface area contributed by atoms with Crippen molar-refractivity contribution in [2.24, 2.45) is 0 Å². The molecule has 0 bridgehead atoms. The third-order valence-corrected chi connectivity index (χ3v) is 6.32. The average molecular weight is 490 g/mol. The number of benzene rings is 1.